The van der Waals surface area contributed by atoms with Gasteiger partial charge in [-0.15, -0.1) is 0 Å². The molecule has 0 saturated heterocycles. The lowest BCUT2D eigenvalue weighted by Gasteiger charge is -2.27. The van der Waals surface area contributed by atoms with Crippen molar-refractivity contribution >= 4 is 11.9 Å². The summed E-state index contributed by atoms with van der Waals surface area (Å²) in [4.78, 5) is 23.8. The molecular formula is C10H20N2O3. The number of aliphatic carboxylic acids is 1. The first-order valence-electron chi connectivity index (χ1n) is 5.02. The van der Waals surface area contributed by atoms with E-state index in [0.29, 0.717) is 0 Å². The molecule has 2 unspecified atom stereocenters. The summed E-state index contributed by atoms with van der Waals surface area (Å²) in [6.45, 7) is 5.52. The van der Waals surface area contributed by atoms with Gasteiger partial charge in [0.15, 0.2) is 0 Å². The summed E-state index contributed by atoms with van der Waals surface area (Å²) in [6, 6.07) is -0.815. The molecule has 0 saturated carbocycles. The third kappa shape index (κ3) is 3.51. The largest absolute Gasteiger partial charge is 0.480 e. The number of hydrogen-bond donors (Lipinski definition) is 2. The van der Waals surface area contributed by atoms with Crippen molar-refractivity contribution in [2.75, 3.05) is 13.6 Å². The number of nitrogens with zero attached hydrogens (tertiary/aromatic N) is 1. The molecule has 0 bridgehead atoms. The molecule has 0 spiro atoms. The summed E-state index contributed by atoms with van der Waals surface area (Å²) in [5, 5.41) is 8.77. The van der Waals surface area contributed by atoms with E-state index in [0.717, 1.165) is 0 Å². The summed E-state index contributed by atoms with van der Waals surface area (Å²) in [6.07, 6.45) is 0. The van der Waals surface area contributed by atoms with Crippen LogP contribution in [0.1, 0.15) is 20.8 Å². The topological polar surface area (TPSA) is 83.6 Å². The van der Waals surface area contributed by atoms with Crippen LogP contribution in [0.2, 0.25) is 0 Å². The molecule has 0 rings (SSSR count). The predicted octanol–water partition coefficient (Wildman–Crippen LogP) is 0.149. The van der Waals surface area contributed by atoms with Crippen molar-refractivity contribution in [1.82, 2.24) is 4.90 Å². The number of amides is 1. The standard InChI is InChI=1S/C10H20N2O3/c1-6(2)8(5-11)9(13)12(4)7(3)10(14)15/h6-8H,5,11H2,1-4H3,(H,14,15). The normalized spacial score (nSPS) is 14.8. The van der Waals surface area contributed by atoms with Crippen LogP contribution in [0.15, 0.2) is 0 Å². The van der Waals surface area contributed by atoms with Crippen molar-refractivity contribution in [2.24, 2.45) is 17.6 Å². The van der Waals surface area contributed by atoms with Crippen molar-refractivity contribution in [3.8, 4) is 0 Å². The summed E-state index contributed by atoms with van der Waals surface area (Å²) < 4.78 is 0. The van der Waals surface area contributed by atoms with Crippen LogP contribution in [0, 0.1) is 11.8 Å². The summed E-state index contributed by atoms with van der Waals surface area (Å²) in [7, 11) is 1.49. The van der Waals surface area contributed by atoms with Gasteiger partial charge in [-0.2, -0.15) is 0 Å². The van der Waals surface area contributed by atoms with E-state index in [4.69, 9.17) is 10.8 Å². The predicted molar refractivity (Wildman–Crippen MR) is 57.3 cm³/mol. The second kappa shape index (κ2) is 5.70. The molecular weight excluding hydrogens is 196 g/mol. The third-order valence-electron chi connectivity index (χ3n) is 2.66. The first kappa shape index (κ1) is 13.9. The SMILES string of the molecule is CC(C)C(CN)C(=O)N(C)C(C)C(=O)O. The fourth-order valence-corrected chi connectivity index (χ4v) is 1.28. The molecule has 0 aromatic carbocycles. The zero-order valence-corrected chi connectivity index (χ0v) is 9.73. The molecule has 0 aliphatic carbocycles. The maximum absolute atomic E-state index is 11.8. The highest BCUT2D eigenvalue weighted by Crippen LogP contribution is 2.13. The highest BCUT2D eigenvalue weighted by atomic mass is 16.4. The van der Waals surface area contributed by atoms with Gasteiger partial charge in [-0.1, -0.05) is 13.8 Å². The van der Waals surface area contributed by atoms with Crippen LogP contribution in [-0.2, 0) is 9.59 Å². The molecule has 2 atom stereocenters. The summed E-state index contributed by atoms with van der Waals surface area (Å²) in [5.74, 6) is -1.41. The average Bonchev–Trinajstić information content (AvgIpc) is 2.15. The van der Waals surface area contributed by atoms with Crippen LogP contribution in [0.4, 0.5) is 0 Å². The van der Waals surface area contributed by atoms with Crippen molar-refractivity contribution < 1.29 is 14.7 Å². The number of carboxylic acid groups (broad SMARTS) is 1. The van der Waals surface area contributed by atoms with E-state index < -0.39 is 12.0 Å². The van der Waals surface area contributed by atoms with Gasteiger partial charge in [0.05, 0.1) is 5.92 Å². The van der Waals surface area contributed by atoms with E-state index in [2.05, 4.69) is 0 Å². The van der Waals surface area contributed by atoms with E-state index in [-0.39, 0.29) is 24.3 Å². The molecule has 0 radical (unpaired) electrons. The van der Waals surface area contributed by atoms with Crippen molar-refractivity contribution in [3.05, 3.63) is 0 Å². The summed E-state index contributed by atoms with van der Waals surface area (Å²) in [5.41, 5.74) is 5.49. The molecule has 0 aromatic heterocycles. The Morgan fingerprint density at radius 1 is 1.33 bits per heavy atom. The quantitative estimate of drug-likeness (QED) is 0.685. The first-order chi connectivity index (χ1) is 6.82. The van der Waals surface area contributed by atoms with Gasteiger partial charge >= 0.3 is 5.97 Å². The number of hydrogen-bond acceptors (Lipinski definition) is 3. The van der Waals surface area contributed by atoms with Crippen LogP contribution < -0.4 is 5.73 Å². The second-order valence-corrected chi connectivity index (χ2v) is 4.05. The maximum atomic E-state index is 11.8. The van der Waals surface area contributed by atoms with Gasteiger partial charge in [-0.25, -0.2) is 4.79 Å². The maximum Gasteiger partial charge on any atom is 0.326 e. The number of carbonyl (C=O) groups is 2. The minimum atomic E-state index is -1.01. The van der Waals surface area contributed by atoms with Gasteiger partial charge in [-0.3, -0.25) is 4.79 Å². The second-order valence-electron chi connectivity index (χ2n) is 4.05. The highest BCUT2D eigenvalue weighted by Gasteiger charge is 2.28. The Hall–Kier alpha value is -1.10. The Morgan fingerprint density at radius 3 is 2.07 bits per heavy atom. The zero-order chi connectivity index (χ0) is 12.2. The monoisotopic (exact) mass is 216 g/mol. The zero-order valence-electron chi connectivity index (χ0n) is 9.73. The fraction of sp³-hybridized carbons (Fsp3) is 0.800. The van der Waals surface area contributed by atoms with Gasteiger partial charge < -0.3 is 15.7 Å². The number of likely N-dealkylation sites (N-methyl/N-ethyl adjacent to an activating group) is 1. The van der Waals surface area contributed by atoms with Gasteiger partial charge in [0.2, 0.25) is 5.91 Å². The first-order valence-corrected chi connectivity index (χ1v) is 5.02. The molecule has 0 aromatic rings. The lowest BCUT2D eigenvalue weighted by Crippen LogP contribution is -2.46. The van der Waals surface area contributed by atoms with E-state index in [1.807, 2.05) is 13.8 Å². The molecule has 0 aliphatic heterocycles. The fourth-order valence-electron chi connectivity index (χ4n) is 1.28. The Morgan fingerprint density at radius 2 is 1.80 bits per heavy atom. The summed E-state index contributed by atoms with van der Waals surface area (Å²) >= 11 is 0. The number of nitrogens with two attached hydrogens (primary N) is 1. The smallest absolute Gasteiger partial charge is 0.326 e. The van der Waals surface area contributed by atoms with E-state index >= 15 is 0 Å². The molecule has 0 aliphatic rings. The van der Waals surface area contributed by atoms with Crippen molar-refractivity contribution in [1.29, 1.82) is 0 Å². The average molecular weight is 216 g/mol. The van der Waals surface area contributed by atoms with Crippen molar-refractivity contribution in [2.45, 2.75) is 26.8 Å². The van der Waals surface area contributed by atoms with Gasteiger partial charge in [0.1, 0.15) is 6.04 Å². The van der Waals surface area contributed by atoms with Crippen LogP contribution in [0.3, 0.4) is 0 Å². The minimum Gasteiger partial charge on any atom is -0.480 e. The Bertz CT molecular complexity index is 241. The molecule has 15 heavy (non-hydrogen) atoms. The van der Waals surface area contributed by atoms with Gasteiger partial charge in [0.25, 0.3) is 0 Å². The number of carboxylic acids is 1. The Balaban J connectivity index is 4.61. The molecule has 1 amide bonds. The van der Waals surface area contributed by atoms with E-state index in [1.165, 1.54) is 18.9 Å². The Kier molecular flexibility index (Phi) is 5.28. The highest BCUT2D eigenvalue weighted by molar-refractivity contribution is 5.84. The van der Waals surface area contributed by atoms with Crippen LogP contribution in [0.5, 0.6) is 0 Å². The molecule has 0 heterocycles. The molecule has 0 fully saturated rings. The van der Waals surface area contributed by atoms with Crippen LogP contribution in [-0.4, -0.2) is 41.5 Å². The molecule has 3 N–H and O–H groups in total. The number of rotatable bonds is 5. The van der Waals surface area contributed by atoms with Gasteiger partial charge in [0, 0.05) is 13.6 Å². The van der Waals surface area contributed by atoms with Crippen LogP contribution >= 0.6 is 0 Å². The third-order valence-corrected chi connectivity index (χ3v) is 2.66. The lowest BCUT2D eigenvalue weighted by molar-refractivity contribution is -0.150. The number of carbonyl (C=O) groups excluding carboxylic acids is 1. The van der Waals surface area contributed by atoms with E-state index in [1.54, 1.807) is 0 Å². The molecule has 5 heteroatoms. The van der Waals surface area contributed by atoms with Crippen molar-refractivity contribution in [3.63, 3.8) is 0 Å². The lowest BCUT2D eigenvalue weighted by atomic mass is 9.94. The molecule has 5 nitrogen and oxygen atoms in total. The Labute approximate surface area is 90.2 Å². The van der Waals surface area contributed by atoms with Crippen LogP contribution in [0.25, 0.3) is 0 Å². The molecule has 88 valence electrons. The van der Waals surface area contributed by atoms with E-state index in [9.17, 15) is 9.59 Å². The minimum absolute atomic E-state index is 0.117. The van der Waals surface area contributed by atoms with Gasteiger partial charge in [-0.05, 0) is 12.8 Å².